The van der Waals surface area contributed by atoms with Crippen molar-refractivity contribution in [2.24, 2.45) is 7.05 Å². The molecule has 2 aromatic heterocycles. The zero-order valence-corrected chi connectivity index (χ0v) is 12.0. The fourth-order valence-electron chi connectivity index (χ4n) is 2.24. The Bertz CT molecular complexity index is 501. The molecule has 0 spiro atoms. The van der Waals surface area contributed by atoms with Gasteiger partial charge in [-0.2, -0.15) is 5.10 Å². The zero-order chi connectivity index (χ0) is 13.7. The van der Waals surface area contributed by atoms with Gasteiger partial charge >= 0.3 is 0 Å². The van der Waals surface area contributed by atoms with Gasteiger partial charge in [0.2, 0.25) is 0 Å². The Morgan fingerprint density at radius 2 is 2.21 bits per heavy atom. The van der Waals surface area contributed by atoms with E-state index in [0.29, 0.717) is 0 Å². The van der Waals surface area contributed by atoms with Crippen molar-refractivity contribution in [2.45, 2.75) is 39.2 Å². The first-order valence-corrected chi connectivity index (χ1v) is 6.97. The fraction of sp³-hybridized carbons (Fsp3) is 0.533. The molecule has 0 aliphatic heterocycles. The lowest BCUT2D eigenvalue weighted by Crippen LogP contribution is -2.22. The van der Waals surface area contributed by atoms with Crippen LogP contribution in [0.4, 0.5) is 0 Å². The minimum absolute atomic E-state index is 0.281. The molecule has 1 atom stereocenters. The van der Waals surface area contributed by atoms with Crippen LogP contribution in [-0.4, -0.2) is 16.3 Å². The number of hydrogen-bond acceptors (Lipinski definition) is 3. The van der Waals surface area contributed by atoms with Gasteiger partial charge < -0.3 is 9.73 Å². The van der Waals surface area contributed by atoms with Gasteiger partial charge in [-0.15, -0.1) is 0 Å². The van der Waals surface area contributed by atoms with Crippen molar-refractivity contribution in [2.75, 3.05) is 6.54 Å². The number of aromatic nitrogens is 2. The second-order valence-corrected chi connectivity index (χ2v) is 4.94. The van der Waals surface area contributed by atoms with Crippen LogP contribution in [0.15, 0.2) is 28.8 Å². The molecule has 104 valence electrons. The first-order chi connectivity index (χ1) is 9.20. The van der Waals surface area contributed by atoms with E-state index in [9.17, 15) is 0 Å². The van der Waals surface area contributed by atoms with Gasteiger partial charge in [0, 0.05) is 18.9 Å². The highest BCUT2D eigenvalue weighted by atomic mass is 16.3. The van der Waals surface area contributed by atoms with Gasteiger partial charge in [0.05, 0.1) is 6.04 Å². The standard InChI is InChI=1S/C15H23N3O/c1-4-10-16-14(15-8-5-12(2)19-15)7-6-13-9-11-17-18(13)3/h5,8-9,11,14,16H,4,6-7,10H2,1-3H3. The molecular formula is C15H23N3O. The molecule has 0 amide bonds. The summed E-state index contributed by atoms with van der Waals surface area (Å²) < 4.78 is 7.69. The Morgan fingerprint density at radius 3 is 2.79 bits per heavy atom. The third-order valence-corrected chi connectivity index (χ3v) is 3.36. The zero-order valence-electron chi connectivity index (χ0n) is 12.0. The average molecular weight is 261 g/mol. The maximum Gasteiger partial charge on any atom is 0.121 e. The molecule has 0 saturated carbocycles. The Labute approximate surface area is 114 Å². The topological polar surface area (TPSA) is 43.0 Å². The minimum atomic E-state index is 0.281. The molecule has 0 aliphatic carbocycles. The van der Waals surface area contributed by atoms with Crippen molar-refractivity contribution in [1.29, 1.82) is 0 Å². The average Bonchev–Trinajstić information content (AvgIpc) is 2.99. The molecule has 4 nitrogen and oxygen atoms in total. The van der Waals surface area contributed by atoms with E-state index in [2.05, 4.69) is 29.5 Å². The largest absolute Gasteiger partial charge is 0.465 e. The normalized spacial score (nSPS) is 12.8. The van der Waals surface area contributed by atoms with Gasteiger partial charge in [0.15, 0.2) is 0 Å². The Morgan fingerprint density at radius 1 is 1.37 bits per heavy atom. The van der Waals surface area contributed by atoms with E-state index < -0.39 is 0 Å². The summed E-state index contributed by atoms with van der Waals surface area (Å²) in [6.45, 7) is 5.18. The van der Waals surface area contributed by atoms with Crippen LogP contribution in [0.25, 0.3) is 0 Å². The quantitative estimate of drug-likeness (QED) is 0.833. The molecule has 0 aromatic carbocycles. The predicted octanol–water partition coefficient (Wildman–Crippen LogP) is 3.00. The number of aryl methyl sites for hydroxylation is 3. The third kappa shape index (κ3) is 3.70. The molecule has 4 heteroatoms. The number of furan rings is 1. The number of hydrogen-bond donors (Lipinski definition) is 1. The first-order valence-electron chi connectivity index (χ1n) is 6.97. The van der Waals surface area contributed by atoms with E-state index in [0.717, 1.165) is 37.3 Å². The van der Waals surface area contributed by atoms with Crippen molar-refractivity contribution in [1.82, 2.24) is 15.1 Å². The van der Waals surface area contributed by atoms with Crippen LogP contribution in [0.1, 0.15) is 43.0 Å². The maximum atomic E-state index is 5.76. The lowest BCUT2D eigenvalue weighted by Gasteiger charge is -2.16. The summed E-state index contributed by atoms with van der Waals surface area (Å²) in [5.74, 6) is 2.01. The summed E-state index contributed by atoms with van der Waals surface area (Å²) >= 11 is 0. The van der Waals surface area contributed by atoms with Crippen LogP contribution in [0.3, 0.4) is 0 Å². The molecule has 2 rings (SSSR count). The molecule has 2 aromatic rings. The fourth-order valence-corrected chi connectivity index (χ4v) is 2.24. The Hall–Kier alpha value is -1.55. The van der Waals surface area contributed by atoms with Gasteiger partial charge in [0.25, 0.3) is 0 Å². The molecule has 2 heterocycles. The van der Waals surface area contributed by atoms with E-state index in [1.54, 1.807) is 0 Å². The smallest absolute Gasteiger partial charge is 0.121 e. The predicted molar refractivity (Wildman–Crippen MR) is 76.0 cm³/mol. The number of nitrogens with zero attached hydrogens (tertiary/aromatic N) is 2. The molecule has 1 unspecified atom stereocenters. The molecule has 0 bridgehead atoms. The minimum Gasteiger partial charge on any atom is -0.465 e. The maximum absolute atomic E-state index is 5.76. The van der Waals surface area contributed by atoms with E-state index in [1.165, 1.54) is 5.69 Å². The van der Waals surface area contributed by atoms with Crippen LogP contribution < -0.4 is 5.32 Å². The van der Waals surface area contributed by atoms with Gasteiger partial charge in [-0.25, -0.2) is 0 Å². The van der Waals surface area contributed by atoms with Crippen molar-refractivity contribution in [3.8, 4) is 0 Å². The van der Waals surface area contributed by atoms with E-state index >= 15 is 0 Å². The molecule has 1 N–H and O–H groups in total. The summed E-state index contributed by atoms with van der Waals surface area (Å²) in [5, 5.41) is 7.76. The van der Waals surface area contributed by atoms with Crippen LogP contribution in [0.2, 0.25) is 0 Å². The third-order valence-electron chi connectivity index (χ3n) is 3.36. The SMILES string of the molecule is CCCNC(CCc1ccnn1C)c1ccc(C)o1. The summed E-state index contributed by atoms with van der Waals surface area (Å²) in [7, 11) is 1.99. The number of nitrogens with one attached hydrogen (secondary N) is 1. The molecule has 0 fully saturated rings. The molecule has 0 aliphatic rings. The highest BCUT2D eigenvalue weighted by Gasteiger charge is 2.15. The summed E-state index contributed by atoms with van der Waals surface area (Å²) in [4.78, 5) is 0. The Kier molecular flexibility index (Phi) is 4.80. The van der Waals surface area contributed by atoms with Gasteiger partial charge in [-0.3, -0.25) is 4.68 Å². The van der Waals surface area contributed by atoms with Crippen molar-refractivity contribution >= 4 is 0 Å². The summed E-state index contributed by atoms with van der Waals surface area (Å²) in [6.07, 6.45) is 4.99. The van der Waals surface area contributed by atoms with E-state index in [1.807, 2.05) is 30.9 Å². The number of rotatable bonds is 7. The second-order valence-electron chi connectivity index (χ2n) is 4.94. The van der Waals surface area contributed by atoms with Crippen molar-refractivity contribution in [3.05, 3.63) is 41.6 Å². The monoisotopic (exact) mass is 261 g/mol. The molecule has 0 saturated heterocycles. The van der Waals surface area contributed by atoms with Crippen LogP contribution in [0, 0.1) is 6.92 Å². The highest BCUT2D eigenvalue weighted by molar-refractivity contribution is 5.11. The lowest BCUT2D eigenvalue weighted by molar-refractivity contribution is 0.383. The van der Waals surface area contributed by atoms with Gasteiger partial charge in [-0.05, 0) is 50.9 Å². The van der Waals surface area contributed by atoms with Crippen LogP contribution >= 0.6 is 0 Å². The second kappa shape index (κ2) is 6.57. The summed E-state index contributed by atoms with van der Waals surface area (Å²) in [5.41, 5.74) is 1.26. The highest BCUT2D eigenvalue weighted by Crippen LogP contribution is 2.21. The summed E-state index contributed by atoms with van der Waals surface area (Å²) in [6, 6.07) is 6.46. The Balaban J connectivity index is 1.99. The molecule has 19 heavy (non-hydrogen) atoms. The molecule has 0 radical (unpaired) electrons. The van der Waals surface area contributed by atoms with Crippen molar-refractivity contribution in [3.63, 3.8) is 0 Å². The van der Waals surface area contributed by atoms with Crippen molar-refractivity contribution < 1.29 is 4.42 Å². The van der Waals surface area contributed by atoms with Gasteiger partial charge in [-0.1, -0.05) is 6.92 Å². The van der Waals surface area contributed by atoms with E-state index in [4.69, 9.17) is 4.42 Å². The van der Waals surface area contributed by atoms with Crippen LogP contribution in [0.5, 0.6) is 0 Å². The van der Waals surface area contributed by atoms with E-state index in [-0.39, 0.29) is 6.04 Å². The lowest BCUT2D eigenvalue weighted by atomic mass is 10.1. The van der Waals surface area contributed by atoms with Crippen LogP contribution in [-0.2, 0) is 13.5 Å². The molecular weight excluding hydrogens is 238 g/mol. The van der Waals surface area contributed by atoms with Gasteiger partial charge in [0.1, 0.15) is 11.5 Å². The first kappa shape index (κ1) is 13.9.